The van der Waals surface area contributed by atoms with E-state index in [1.165, 1.54) is 0 Å². The highest BCUT2D eigenvalue weighted by molar-refractivity contribution is 5.97. The Morgan fingerprint density at radius 1 is 1.05 bits per heavy atom. The van der Waals surface area contributed by atoms with Crippen molar-refractivity contribution in [3.05, 3.63) is 0 Å². The minimum Gasteiger partial charge on any atom is -0.341 e. The van der Waals surface area contributed by atoms with Gasteiger partial charge in [0, 0.05) is 19.6 Å². The smallest absolute Gasteiger partial charge is 0.321 e. The van der Waals surface area contributed by atoms with Crippen LogP contribution in [-0.4, -0.2) is 54.5 Å². The number of carbonyl (C=O) groups is 3. The first-order valence-corrected chi connectivity index (χ1v) is 7.59. The number of rotatable bonds is 5. The van der Waals surface area contributed by atoms with E-state index in [2.05, 4.69) is 16.0 Å². The molecule has 0 aromatic carbocycles. The zero-order valence-electron chi connectivity index (χ0n) is 13.1. The number of hydrogen-bond donors (Lipinski definition) is 3. The average molecular weight is 298 g/mol. The molecule has 1 saturated heterocycles. The van der Waals surface area contributed by atoms with Gasteiger partial charge in [-0.05, 0) is 40.0 Å². The summed E-state index contributed by atoms with van der Waals surface area (Å²) in [5, 5.41) is 7.65. The summed E-state index contributed by atoms with van der Waals surface area (Å²) < 4.78 is 0. The van der Waals surface area contributed by atoms with Gasteiger partial charge in [0.15, 0.2) is 0 Å². The predicted molar refractivity (Wildman–Crippen MR) is 79.7 cm³/mol. The Bertz CT molecular complexity index is 380. The molecule has 0 aromatic heterocycles. The summed E-state index contributed by atoms with van der Waals surface area (Å²) in [6, 6.07) is -1.58. The van der Waals surface area contributed by atoms with Crippen LogP contribution in [0.2, 0.25) is 0 Å². The van der Waals surface area contributed by atoms with Crippen molar-refractivity contribution in [2.75, 3.05) is 19.6 Å². The first-order chi connectivity index (χ1) is 9.95. The molecule has 7 heteroatoms. The van der Waals surface area contributed by atoms with Crippen molar-refractivity contribution in [2.45, 2.75) is 52.1 Å². The Morgan fingerprint density at radius 2 is 1.67 bits per heavy atom. The second kappa shape index (κ2) is 8.61. The standard InChI is InChI=1S/C14H26N4O3/c1-4-15-14(21)17-12(19)10(2)16-11(3)13(20)18-8-6-5-7-9-18/h10-11,16H,4-9H2,1-3H3,(H2,15,17,19,21). The van der Waals surface area contributed by atoms with E-state index < -0.39 is 24.0 Å². The zero-order chi connectivity index (χ0) is 15.8. The fraction of sp³-hybridized carbons (Fsp3) is 0.786. The van der Waals surface area contributed by atoms with Gasteiger partial charge in [0.05, 0.1) is 12.1 Å². The molecule has 0 radical (unpaired) electrons. The van der Waals surface area contributed by atoms with E-state index in [1.807, 2.05) is 4.90 Å². The Hall–Kier alpha value is -1.63. The number of imide groups is 1. The maximum atomic E-state index is 12.2. The van der Waals surface area contributed by atoms with Crippen LogP contribution in [0.4, 0.5) is 4.79 Å². The number of piperidine rings is 1. The molecule has 0 aromatic rings. The molecule has 0 aliphatic carbocycles. The lowest BCUT2D eigenvalue weighted by Gasteiger charge is -2.30. The molecule has 1 fully saturated rings. The molecule has 120 valence electrons. The Kier molecular flexibility index (Phi) is 7.14. The molecule has 7 nitrogen and oxygen atoms in total. The fourth-order valence-corrected chi connectivity index (χ4v) is 2.34. The first-order valence-electron chi connectivity index (χ1n) is 7.59. The molecule has 3 N–H and O–H groups in total. The number of nitrogens with one attached hydrogen (secondary N) is 3. The molecule has 21 heavy (non-hydrogen) atoms. The largest absolute Gasteiger partial charge is 0.341 e. The third kappa shape index (κ3) is 5.71. The number of amides is 4. The first kappa shape index (κ1) is 17.4. The van der Waals surface area contributed by atoms with Crippen LogP contribution in [-0.2, 0) is 9.59 Å². The van der Waals surface area contributed by atoms with Crippen LogP contribution in [0, 0.1) is 0 Å². The Labute approximate surface area is 125 Å². The molecule has 2 unspecified atom stereocenters. The summed E-state index contributed by atoms with van der Waals surface area (Å²) >= 11 is 0. The van der Waals surface area contributed by atoms with Gasteiger partial charge in [-0.15, -0.1) is 0 Å². The van der Waals surface area contributed by atoms with Crippen LogP contribution in [0.15, 0.2) is 0 Å². The highest BCUT2D eigenvalue weighted by Crippen LogP contribution is 2.10. The third-order valence-electron chi connectivity index (χ3n) is 3.51. The van der Waals surface area contributed by atoms with E-state index in [-0.39, 0.29) is 5.91 Å². The summed E-state index contributed by atoms with van der Waals surface area (Å²) in [7, 11) is 0. The van der Waals surface area contributed by atoms with Crippen molar-refractivity contribution in [2.24, 2.45) is 0 Å². The van der Waals surface area contributed by atoms with E-state index in [0.29, 0.717) is 6.54 Å². The third-order valence-corrected chi connectivity index (χ3v) is 3.51. The minimum atomic E-state index is -0.614. The van der Waals surface area contributed by atoms with E-state index >= 15 is 0 Å². The van der Waals surface area contributed by atoms with E-state index in [9.17, 15) is 14.4 Å². The molecule has 0 spiro atoms. The number of urea groups is 1. The summed E-state index contributed by atoms with van der Waals surface area (Å²) in [5.74, 6) is -0.438. The van der Waals surface area contributed by atoms with Crippen molar-refractivity contribution < 1.29 is 14.4 Å². The Balaban J connectivity index is 2.41. The molecule has 2 atom stereocenters. The Morgan fingerprint density at radius 3 is 2.24 bits per heavy atom. The molecule has 0 saturated carbocycles. The number of likely N-dealkylation sites (tertiary alicyclic amines) is 1. The number of carbonyl (C=O) groups excluding carboxylic acids is 3. The van der Waals surface area contributed by atoms with Crippen LogP contribution < -0.4 is 16.0 Å². The van der Waals surface area contributed by atoms with Gasteiger partial charge in [0.1, 0.15) is 0 Å². The van der Waals surface area contributed by atoms with Gasteiger partial charge >= 0.3 is 6.03 Å². The molecule has 0 bridgehead atoms. The molecule has 1 aliphatic heterocycles. The van der Waals surface area contributed by atoms with Crippen molar-refractivity contribution >= 4 is 17.8 Å². The summed E-state index contributed by atoms with van der Waals surface area (Å²) in [4.78, 5) is 37.1. The monoisotopic (exact) mass is 298 g/mol. The van der Waals surface area contributed by atoms with Gasteiger partial charge in [0.25, 0.3) is 0 Å². The normalized spacial score (nSPS) is 17.8. The predicted octanol–water partition coefficient (Wildman–Crippen LogP) is 0.211. The van der Waals surface area contributed by atoms with Gasteiger partial charge < -0.3 is 10.2 Å². The van der Waals surface area contributed by atoms with Gasteiger partial charge in [0.2, 0.25) is 11.8 Å². The van der Waals surface area contributed by atoms with Gasteiger partial charge in [-0.25, -0.2) is 4.79 Å². The zero-order valence-corrected chi connectivity index (χ0v) is 13.1. The maximum Gasteiger partial charge on any atom is 0.321 e. The van der Waals surface area contributed by atoms with Crippen LogP contribution in [0.5, 0.6) is 0 Å². The average Bonchev–Trinajstić information content (AvgIpc) is 2.47. The van der Waals surface area contributed by atoms with Gasteiger partial charge in [-0.3, -0.25) is 20.2 Å². The second-order valence-corrected chi connectivity index (χ2v) is 5.34. The van der Waals surface area contributed by atoms with E-state index in [4.69, 9.17) is 0 Å². The highest BCUT2D eigenvalue weighted by atomic mass is 16.2. The van der Waals surface area contributed by atoms with Crippen molar-refractivity contribution in [3.8, 4) is 0 Å². The quantitative estimate of drug-likeness (QED) is 0.677. The summed E-state index contributed by atoms with van der Waals surface area (Å²) in [5.41, 5.74) is 0. The highest BCUT2D eigenvalue weighted by Gasteiger charge is 2.25. The number of nitrogens with zero attached hydrogens (tertiary/aromatic N) is 1. The molecule has 1 rings (SSSR count). The van der Waals surface area contributed by atoms with Gasteiger partial charge in [-0.1, -0.05) is 0 Å². The maximum absolute atomic E-state index is 12.2. The van der Waals surface area contributed by atoms with Crippen molar-refractivity contribution in [1.29, 1.82) is 0 Å². The SMILES string of the molecule is CCNC(=O)NC(=O)C(C)NC(C)C(=O)N1CCCCC1. The summed E-state index contributed by atoms with van der Waals surface area (Å²) in [6.07, 6.45) is 3.23. The lowest BCUT2D eigenvalue weighted by molar-refractivity contribution is -0.134. The van der Waals surface area contributed by atoms with Crippen molar-refractivity contribution in [3.63, 3.8) is 0 Å². The molecule has 1 heterocycles. The minimum absolute atomic E-state index is 0.00681. The van der Waals surface area contributed by atoms with Crippen LogP contribution in [0.1, 0.15) is 40.0 Å². The van der Waals surface area contributed by atoms with Crippen LogP contribution in [0.3, 0.4) is 0 Å². The lowest BCUT2D eigenvalue weighted by atomic mass is 10.1. The van der Waals surface area contributed by atoms with Crippen LogP contribution in [0.25, 0.3) is 0 Å². The van der Waals surface area contributed by atoms with E-state index in [1.54, 1.807) is 20.8 Å². The van der Waals surface area contributed by atoms with Gasteiger partial charge in [-0.2, -0.15) is 0 Å². The molecule has 1 aliphatic rings. The molecule has 4 amide bonds. The lowest BCUT2D eigenvalue weighted by Crippen LogP contribution is -2.54. The van der Waals surface area contributed by atoms with Crippen LogP contribution >= 0.6 is 0 Å². The fourth-order valence-electron chi connectivity index (χ4n) is 2.34. The topological polar surface area (TPSA) is 90.5 Å². The van der Waals surface area contributed by atoms with Crippen molar-refractivity contribution in [1.82, 2.24) is 20.9 Å². The number of hydrogen-bond acceptors (Lipinski definition) is 4. The molecular formula is C14H26N4O3. The molecular weight excluding hydrogens is 272 g/mol. The van der Waals surface area contributed by atoms with E-state index in [0.717, 1.165) is 32.4 Å². The summed E-state index contributed by atoms with van der Waals surface area (Å²) in [6.45, 7) is 7.16. The second-order valence-electron chi connectivity index (χ2n) is 5.34.